The highest BCUT2D eigenvalue weighted by molar-refractivity contribution is 7.10. The predicted molar refractivity (Wildman–Crippen MR) is 79.6 cm³/mol. The van der Waals surface area contributed by atoms with Gasteiger partial charge in [-0.2, -0.15) is 5.26 Å². The Morgan fingerprint density at radius 3 is 3.00 bits per heavy atom. The van der Waals surface area contributed by atoms with Gasteiger partial charge in [-0.05, 0) is 17.5 Å². The van der Waals surface area contributed by atoms with Crippen LogP contribution in [0.5, 0.6) is 0 Å². The SMILES string of the molecule is COC(=O)CC(NCc1cc(C#N)cs1)c1cccs1. The molecule has 0 aliphatic rings. The molecule has 0 bridgehead atoms. The summed E-state index contributed by atoms with van der Waals surface area (Å²) >= 11 is 3.15. The molecular formula is C14H14N2O2S2. The van der Waals surface area contributed by atoms with Gasteiger partial charge in [0, 0.05) is 21.7 Å². The van der Waals surface area contributed by atoms with E-state index in [0.29, 0.717) is 18.5 Å². The number of carbonyl (C=O) groups excluding carboxylic acids is 1. The van der Waals surface area contributed by atoms with Crippen molar-refractivity contribution in [3.8, 4) is 6.07 Å². The van der Waals surface area contributed by atoms with Gasteiger partial charge in [0.25, 0.3) is 0 Å². The lowest BCUT2D eigenvalue weighted by Crippen LogP contribution is -2.23. The topological polar surface area (TPSA) is 62.1 Å². The predicted octanol–water partition coefficient (Wildman–Crippen LogP) is 3.08. The number of nitriles is 1. The molecule has 2 heterocycles. The second kappa shape index (κ2) is 7.20. The van der Waals surface area contributed by atoms with Crippen molar-refractivity contribution in [1.82, 2.24) is 5.32 Å². The highest BCUT2D eigenvalue weighted by Gasteiger charge is 2.17. The summed E-state index contributed by atoms with van der Waals surface area (Å²) < 4.78 is 4.74. The van der Waals surface area contributed by atoms with Crippen molar-refractivity contribution in [2.24, 2.45) is 0 Å². The van der Waals surface area contributed by atoms with E-state index in [4.69, 9.17) is 10.00 Å². The van der Waals surface area contributed by atoms with Crippen LogP contribution in [-0.4, -0.2) is 13.1 Å². The Kier molecular flexibility index (Phi) is 5.30. The molecule has 2 aromatic rings. The van der Waals surface area contributed by atoms with E-state index < -0.39 is 0 Å². The molecule has 1 unspecified atom stereocenters. The zero-order valence-electron chi connectivity index (χ0n) is 11.0. The summed E-state index contributed by atoms with van der Waals surface area (Å²) in [6.45, 7) is 0.631. The van der Waals surface area contributed by atoms with Crippen molar-refractivity contribution in [1.29, 1.82) is 5.26 Å². The minimum absolute atomic E-state index is 0.0601. The van der Waals surface area contributed by atoms with Gasteiger partial charge in [-0.1, -0.05) is 6.07 Å². The molecule has 104 valence electrons. The lowest BCUT2D eigenvalue weighted by molar-refractivity contribution is -0.141. The fraction of sp³-hybridized carbons (Fsp3) is 0.286. The van der Waals surface area contributed by atoms with Crippen LogP contribution in [0.3, 0.4) is 0 Å². The number of ether oxygens (including phenoxy) is 1. The average molecular weight is 306 g/mol. The number of nitrogens with zero attached hydrogens (tertiary/aromatic N) is 1. The van der Waals surface area contributed by atoms with Crippen LogP contribution in [0.2, 0.25) is 0 Å². The molecule has 6 heteroatoms. The number of hydrogen-bond donors (Lipinski definition) is 1. The Bertz CT molecular complexity index is 599. The number of rotatable bonds is 6. The van der Waals surface area contributed by atoms with E-state index in [1.807, 2.05) is 29.0 Å². The van der Waals surface area contributed by atoms with Gasteiger partial charge < -0.3 is 10.1 Å². The Hall–Kier alpha value is -1.68. The zero-order chi connectivity index (χ0) is 14.4. The molecule has 0 aliphatic carbocycles. The van der Waals surface area contributed by atoms with Crippen molar-refractivity contribution >= 4 is 28.6 Å². The van der Waals surface area contributed by atoms with Gasteiger partial charge in [-0.3, -0.25) is 4.79 Å². The lowest BCUT2D eigenvalue weighted by Gasteiger charge is -2.15. The van der Waals surface area contributed by atoms with Crippen LogP contribution in [0, 0.1) is 11.3 Å². The van der Waals surface area contributed by atoms with Crippen LogP contribution in [0.25, 0.3) is 0 Å². The Morgan fingerprint density at radius 1 is 1.55 bits per heavy atom. The molecule has 0 saturated heterocycles. The van der Waals surface area contributed by atoms with Crippen molar-refractivity contribution in [3.05, 3.63) is 44.3 Å². The van der Waals surface area contributed by atoms with Gasteiger partial charge in [-0.25, -0.2) is 0 Å². The van der Waals surface area contributed by atoms with Gasteiger partial charge in [-0.15, -0.1) is 22.7 Å². The lowest BCUT2D eigenvalue weighted by atomic mass is 10.1. The first-order valence-corrected chi connectivity index (χ1v) is 7.80. The molecule has 2 rings (SSSR count). The van der Waals surface area contributed by atoms with Crippen LogP contribution in [0.4, 0.5) is 0 Å². The number of thiophene rings is 2. The summed E-state index contributed by atoms with van der Waals surface area (Å²) in [6.07, 6.45) is 0.299. The molecule has 20 heavy (non-hydrogen) atoms. The maximum absolute atomic E-state index is 11.5. The Labute approximate surface area is 125 Å². The van der Waals surface area contributed by atoms with Crippen LogP contribution >= 0.6 is 22.7 Å². The molecule has 0 aromatic carbocycles. The quantitative estimate of drug-likeness (QED) is 0.833. The minimum Gasteiger partial charge on any atom is -0.469 e. The first kappa shape index (κ1) is 14.7. The maximum atomic E-state index is 11.5. The summed E-state index contributed by atoms with van der Waals surface area (Å²) in [7, 11) is 1.40. The standard InChI is InChI=1S/C14H14N2O2S2/c1-18-14(17)6-12(13-3-2-4-19-13)16-8-11-5-10(7-15)9-20-11/h2-5,9,12,16H,6,8H2,1H3. The maximum Gasteiger partial charge on any atom is 0.307 e. The first-order valence-electron chi connectivity index (χ1n) is 6.04. The molecule has 0 saturated carbocycles. The minimum atomic E-state index is -0.236. The number of hydrogen-bond acceptors (Lipinski definition) is 6. The molecule has 0 spiro atoms. The van der Waals surface area contributed by atoms with Gasteiger partial charge in [0.1, 0.15) is 6.07 Å². The molecule has 0 aliphatic heterocycles. The molecule has 4 nitrogen and oxygen atoms in total. The van der Waals surface area contributed by atoms with E-state index in [9.17, 15) is 4.79 Å². The molecule has 0 amide bonds. The van der Waals surface area contributed by atoms with E-state index in [2.05, 4.69) is 11.4 Å². The second-order valence-electron chi connectivity index (χ2n) is 4.14. The highest BCUT2D eigenvalue weighted by Crippen LogP contribution is 2.24. The van der Waals surface area contributed by atoms with Crippen molar-refractivity contribution in [2.45, 2.75) is 19.0 Å². The first-order chi connectivity index (χ1) is 9.72. The van der Waals surface area contributed by atoms with Gasteiger partial charge in [0.05, 0.1) is 25.1 Å². The fourth-order valence-corrected chi connectivity index (χ4v) is 3.33. The monoisotopic (exact) mass is 306 g/mol. The third-order valence-corrected chi connectivity index (χ3v) is 4.71. The van der Waals surface area contributed by atoms with Crippen LogP contribution in [0.15, 0.2) is 29.0 Å². The van der Waals surface area contributed by atoms with E-state index in [0.717, 1.165) is 9.75 Å². The number of nitrogens with one attached hydrogen (secondary N) is 1. The van der Waals surface area contributed by atoms with Crippen molar-refractivity contribution < 1.29 is 9.53 Å². The number of esters is 1. The van der Waals surface area contributed by atoms with Crippen LogP contribution < -0.4 is 5.32 Å². The Balaban J connectivity index is 2.00. The smallest absolute Gasteiger partial charge is 0.307 e. The Morgan fingerprint density at radius 2 is 2.40 bits per heavy atom. The zero-order valence-corrected chi connectivity index (χ0v) is 12.6. The molecular weight excluding hydrogens is 292 g/mol. The summed E-state index contributed by atoms with van der Waals surface area (Å²) in [5, 5.41) is 16.0. The third-order valence-electron chi connectivity index (χ3n) is 2.79. The van der Waals surface area contributed by atoms with Crippen molar-refractivity contribution in [3.63, 3.8) is 0 Å². The van der Waals surface area contributed by atoms with Crippen molar-refractivity contribution in [2.75, 3.05) is 7.11 Å². The molecule has 1 N–H and O–H groups in total. The van der Waals surface area contributed by atoms with Crippen LogP contribution in [0.1, 0.15) is 27.8 Å². The fourth-order valence-electron chi connectivity index (χ4n) is 1.77. The molecule has 2 aromatic heterocycles. The summed E-state index contributed by atoms with van der Waals surface area (Å²) in [6, 6.07) is 7.88. The summed E-state index contributed by atoms with van der Waals surface area (Å²) in [5.74, 6) is -0.236. The molecule has 0 radical (unpaired) electrons. The number of carbonyl (C=O) groups is 1. The second-order valence-corrected chi connectivity index (χ2v) is 6.12. The summed E-state index contributed by atoms with van der Waals surface area (Å²) in [4.78, 5) is 13.7. The summed E-state index contributed by atoms with van der Waals surface area (Å²) in [5.41, 5.74) is 0.674. The molecule has 0 fully saturated rings. The van der Waals surface area contributed by atoms with E-state index in [1.165, 1.54) is 7.11 Å². The van der Waals surface area contributed by atoms with E-state index in [1.54, 1.807) is 22.7 Å². The number of methoxy groups -OCH3 is 1. The van der Waals surface area contributed by atoms with E-state index >= 15 is 0 Å². The normalized spacial score (nSPS) is 11.8. The van der Waals surface area contributed by atoms with Gasteiger partial charge in [0.2, 0.25) is 0 Å². The average Bonchev–Trinajstić information content (AvgIpc) is 3.13. The van der Waals surface area contributed by atoms with Gasteiger partial charge in [0.15, 0.2) is 0 Å². The largest absolute Gasteiger partial charge is 0.469 e. The molecule has 1 atom stereocenters. The highest BCUT2D eigenvalue weighted by atomic mass is 32.1. The third kappa shape index (κ3) is 3.90. The van der Waals surface area contributed by atoms with E-state index in [-0.39, 0.29) is 12.0 Å². The van der Waals surface area contributed by atoms with Gasteiger partial charge >= 0.3 is 5.97 Å². The van der Waals surface area contributed by atoms with Crippen LogP contribution in [-0.2, 0) is 16.1 Å².